The van der Waals surface area contributed by atoms with Crippen LogP contribution in [-0.4, -0.2) is 66.0 Å². The van der Waals surface area contributed by atoms with Crippen LogP contribution in [-0.2, 0) is 26.9 Å². The number of fused-ring (bicyclic) bond motifs is 1. The highest BCUT2D eigenvalue weighted by Gasteiger charge is 2.41. The number of quaternary nitrogens is 1. The number of allylic oxidation sites excluding steroid dienone is 1. The van der Waals surface area contributed by atoms with Gasteiger partial charge < -0.3 is 19.1 Å². The van der Waals surface area contributed by atoms with Crippen LogP contribution in [0.3, 0.4) is 0 Å². The Hall–Kier alpha value is -4.90. The number of nitriles is 1. The summed E-state index contributed by atoms with van der Waals surface area (Å²) in [6.07, 6.45) is -1.60. The quantitative estimate of drug-likeness (QED) is 0.228. The van der Waals surface area contributed by atoms with Gasteiger partial charge >= 0.3 is 17.8 Å². The Morgan fingerprint density at radius 2 is 1.93 bits per heavy atom. The Balaban J connectivity index is 0.00000148. The summed E-state index contributed by atoms with van der Waals surface area (Å²) in [6.45, 7) is 2.87. The van der Waals surface area contributed by atoms with Crippen LogP contribution in [0, 0.1) is 17.2 Å². The van der Waals surface area contributed by atoms with Gasteiger partial charge in [-0.25, -0.2) is 19.3 Å². The number of anilines is 2. The lowest BCUT2D eigenvalue weighted by molar-refractivity contribution is -0.891. The van der Waals surface area contributed by atoms with Gasteiger partial charge in [0.15, 0.2) is 0 Å². The van der Waals surface area contributed by atoms with Gasteiger partial charge in [0.05, 0.1) is 57.1 Å². The normalized spacial score (nSPS) is 16.3. The zero-order chi connectivity index (χ0) is 33.1. The molecule has 1 aromatic heterocycles. The third kappa shape index (κ3) is 7.09. The lowest BCUT2D eigenvalue weighted by atomic mass is 9.89. The minimum Gasteiger partial charge on any atom is -0.554 e. The van der Waals surface area contributed by atoms with Gasteiger partial charge in [0, 0.05) is 30.2 Å². The van der Waals surface area contributed by atoms with Gasteiger partial charge in [-0.05, 0) is 61.2 Å². The molecule has 2 aliphatic rings. The highest BCUT2D eigenvalue weighted by molar-refractivity contribution is 5.93. The van der Waals surface area contributed by atoms with E-state index in [0.717, 1.165) is 35.3 Å². The number of methoxy groups -OCH3 is 1. The van der Waals surface area contributed by atoms with Crippen molar-refractivity contribution in [2.45, 2.75) is 38.4 Å². The fraction of sp³-hybridized carbons (Fsp3) is 0.387. The number of halogens is 3. The number of carboxylic acid groups (broad SMARTS) is 1. The van der Waals surface area contributed by atoms with Crippen LogP contribution >= 0.6 is 0 Å². The molecule has 0 saturated heterocycles. The molecule has 1 aliphatic heterocycles. The maximum Gasteiger partial charge on any atom is 0.416 e. The summed E-state index contributed by atoms with van der Waals surface area (Å²) in [5, 5.41) is 24.5. The van der Waals surface area contributed by atoms with Gasteiger partial charge in [0.25, 0.3) is 0 Å². The number of nitrogens with zero attached hydrogens (tertiary/aromatic N) is 5. The summed E-state index contributed by atoms with van der Waals surface area (Å²) in [6, 6.07) is 10.9. The molecule has 14 heteroatoms. The predicted molar refractivity (Wildman–Crippen MR) is 155 cm³/mol. The average molecular weight is 627 g/mol. The summed E-state index contributed by atoms with van der Waals surface area (Å²) in [4.78, 5) is 36.3. The molecule has 1 aliphatic carbocycles. The lowest BCUT2D eigenvalue weighted by Crippen LogP contribution is -2.43. The molecule has 45 heavy (non-hydrogen) atoms. The number of aromatic nitrogens is 3. The summed E-state index contributed by atoms with van der Waals surface area (Å²) in [5.41, 5.74) is 0.683. The molecule has 5 rings (SSSR count). The standard InChI is InChI=1S/C30H31F3N6O3.CH2O2/c1-18-25(27(40)42-4)26(24-11-10-20(16-34)14-21(24)12-13-39(2,3)17-19-8-9-19)38-28(35-36-29(38)41)37(18)23-7-5-6-22(15-23)30(31,32)33;2-1-3/h5-7,10-11,14-15,19,26H,8-9,12-13,17H2,1-4H3;1H,(H,2,3). The van der Waals surface area contributed by atoms with Crippen molar-refractivity contribution in [2.24, 2.45) is 5.92 Å². The Morgan fingerprint density at radius 1 is 1.24 bits per heavy atom. The molecule has 11 nitrogen and oxygen atoms in total. The maximum absolute atomic E-state index is 13.6. The monoisotopic (exact) mass is 626 g/mol. The van der Waals surface area contributed by atoms with Gasteiger partial charge in [-0.2, -0.15) is 18.4 Å². The van der Waals surface area contributed by atoms with E-state index in [1.165, 1.54) is 41.6 Å². The molecule has 1 atom stereocenters. The second-order valence-electron chi connectivity index (χ2n) is 11.6. The van der Waals surface area contributed by atoms with E-state index in [1.54, 1.807) is 25.1 Å². The number of benzene rings is 2. The number of rotatable bonds is 8. The zero-order valence-electron chi connectivity index (χ0n) is 25.2. The second-order valence-corrected chi connectivity index (χ2v) is 11.6. The van der Waals surface area contributed by atoms with Crippen molar-refractivity contribution in [2.75, 3.05) is 39.2 Å². The number of alkyl halides is 3. The van der Waals surface area contributed by atoms with E-state index in [2.05, 4.69) is 30.4 Å². The molecule has 0 spiro atoms. The molecule has 3 aromatic rings. The van der Waals surface area contributed by atoms with Gasteiger partial charge in [0.1, 0.15) is 6.04 Å². The van der Waals surface area contributed by atoms with Crippen LogP contribution in [0.5, 0.6) is 0 Å². The Morgan fingerprint density at radius 3 is 2.53 bits per heavy atom. The van der Waals surface area contributed by atoms with Crippen molar-refractivity contribution >= 4 is 24.1 Å². The molecular weight excluding hydrogens is 593 g/mol. The Kier molecular flexibility index (Phi) is 9.53. The second kappa shape index (κ2) is 13.0. The number of nitrogens with one attached hydrogen (secondary N) is 1. The Bertz CT molecular complexity index is 1720. The first kappa shape index (κ1) is 33.0. The summed E-state index contributed by atoms with van der Waals surface area (Å²) in [7, 11) is 5.52. The van der Waals surface area contributed by atoms with Crippen molar-refractivity contribution in [1.82, 2.24) is 14.8 Å². The van der Waals surface area contributed by atoms with E-state index < -0.39 is 35.9 Å². The molecule has 1 fully saturated rings. The largest absolute Gasteiger partial charge is 0.554 e. The van der Waals surface area contributed by atoms with Crippen LogP contribution in [0.1, 0.15) is 48.1 Å². The number of aromatic amines is 1. The van der Waals surface area contributed by atoms with E-state index in [4.69, 9.17) is 14.6 Å². The SMILES string of the molecule is COC(=O)C1=C(C)N(c2cccc(C(F)(F)F)c2)c2n[nH]c(=O)n2C1c1ccc(C#N)cc1CC[N+](C)(C)CC1CC1.O=C[O-]. The first-order chi connectivity index (χ1) is 21.3. The minimum absolute atomic E-state index is 0.0228. The first-order valence-corrected chi connectivity index (χ1v) is 14.1. The number of carbonyl (C=O) groups excluding carboxylic acids is 2. The van der Waals surface area contributed by atoms with Crippen LogP contribution < -0.4 is 15.7 Å². The number of ether oxygens (including phenoxy) is 1. The number of esters is 1. The van der Waals surface area contributed by atoms with E-state index >= 15 is 0 Å². The van der Waals surface area contributed by atoms with Crippen LogP contribution in [0.4, 0.5) is 24.8 Å². The van der Waals surface area contributed by atoms with E-state index in [9.17, 15) is 28.0 Å². The highest BCUT2D eigenvalue weighted by atomic mass is 19.4. The van der Waals surface area contributed by atoms with Crippen molar-refractivity contribution in [3.05, 3.63) is 86.5 Å². The highest BCUT2D eigenvalue weighted by Crippen LogP contribution is 2.43. The average Bonchev–Trinajstić information content (AvgIpc) is 3.73. The third-order valence-corrected chi connectivity index (χ3v) is 7.98. The van der Waals surface area contributed by atoms with Gasteiger partial charge in [0.2, 0.25) is 5.95 Å². The number of H-pyrrole nitrogens is 1. The van der Waals surface area contributed by atoms with E-state index in [-0.39, 0.29) is 22.9 Å². The van der Waals surface area contributed by atoms with E-state index in [0.29, 0.717) is 23.5 Å². The minimum atomic E-state index is -4.61. The van der Waals surface area contributed by atoms with Gasteiger partial charge in [-0.1, -0.05) is 12.1 Å². The Labute approximate surface area is 257 Å². The summed E-state index contributed by atoms with van der Waals surface area (Å²) >= 11 is 0. The molecular formula is C31H33F3N6O5. The van der Waals surface area contributed by atoms with Gasteiger partial charge in [-0.3, -0.25) is 4.90 Å². The molecule has 0 radical (unpaired) electrons. The predicted octanol–water partition coefficient (Wildman–Crippen LogP) is 3.04. The number of likely N-dealkylation sites (N-methyl/N-ethyl adjacent to an activating group) is 1. The molecule has 238 valence electrons. The zero-order valence-corrected chi connectivity index (χ0v) is 25.2. The first-order valence-electron chi connectivity index (χ1n) is 14.1. The van der Waals surface area contributed by atoms with Crippen molar-refractivity contribution in [3.63, 3.8) is 0 Å². The summed E-state index contributed by atoms with van der Waals surface area (Å²) < 4.78 is 48.0. The molecule has 2 aromatic carbocycles. The fourth-order valence-electron chi connectivity index (χ4n) is 5.75. The van der Waals surface area contributed by atoms with Crippen molar-refractivity contribution in [1.29, 1.82) is 5.26 Å². The van der Waals surface area contributed by atoms with Crippen LogP contribution in [0.25, 0.3) is 0 Å². The summed E-state index contributed by atoms with van der Waals surface area (Å²) in [5.74, 6) is -0.0170. The maximum atomic E-state index is 13.6. The number of hydrogen-bond donors (Lipinski definition) is 1. The molecule has 0 amide bonds. The smallest absolute Gasteiger partial charge is 0.416 e. The van der Waals surface area contributed by atoms with Crippen LogP contribution in [0.2, 0.25) is 0 Å². The number of hydrogen-bond acceptors (Lipinski definition) is 8. The molecule has 1 saturated carbocycles. The van der Waals surface area contributed by atoms with Gasteiger partial charge in [-0.15, -0.1) is 5.10 Å². The molecule has 0 bridgehead atoms. The van der Waals surface area contributed by atoms with Crippen molar-refractivity contribution in [3.8, 4) is 6.07 Å². The number of carbonyl (C=O) groups is 2. The molecule has 2 heterocycles. The van der Waals surface area contributed by atoms with Crippen molar-refractivity contribution < 1.29 is 37.1 Å². The third-order valence-electron chi connectivity index (χ3n) is 7.98. The molecule has 1 N–H and O–H groups in total. The molecule has 1 unspecified atom stereocenters. The fourth-order valence-corrected chi connectivity index (χ4v) is 5.75. The topological polar surface area (TPSA) is 144 Å². The van der Waals surface area contributed by atoms with Crippen LogP contribution in [0.15, 0.2) is 58.5 Å². The van der Waals surface area contributed by atoms with E-state index in [1.807, 2.05) is 0 Å². The lowest BCUT2D eigenvalue weighted by Gasteiger charge is -2.36.